The van der Waals surface area contributed by atoms with Crippen LogP contribution in [0.1, 0.15) is 45.3 Å². The fraction of sp³-hybridized carbons (Fsp3) is 0.259. The van der Waals surface area contributed by atoms with Crippen LogP contribution >= 0.6 is 59.1 Å². The zero-order valence-corrected chi connectivity index (χ0v) is 27.0. The van der Waals surface area contributed by atoms with Crippen LogP contribution in [0.4, 0.5) is 5.00 Å². The Kier molecular flexibility index (Phi) is 10.4. The molecule has 2 N–H and O–H groups in total. The molecule has 210 valence electrons. The number of fused-ring (bicyclic) bond motifs is 1. The number of aryl methyl sites for hydroxylation is 1. The number of thiophene rings is 1. The van der Waals surface area contributed by atoms with Crippen molar-refractivity contribution in [2.75, 3.05) is 19.0 Å². The molecule has 1 aliphatic carbocycles. The van der Waals surface area contributed by atoms with Gasteiger partial charge in [-0.1, -0.05) is 15.9 Å². The summed E-state index contributed by atoms with van der Waals surface area (Å²) in [6.45, 7) is 2.13. The Morgan fingerprint density at radius 3 is 2.52 bits per heavy atom. The molecule has 3 aromatic rings. The van der Waals surface area contributed by atoms with Gasteiger partial charge in [-0.15, -0.1) is 11.3 Å². The summed E-state index contributed by atoms with van der Waals surface area (Å²) in [6.07, 6.45) is 3.91. The number of ether oxygens (including phenoxy) is 3. The molecule has 0 aliphatic heterocycles. The summed E-state index contributed by atoms with van der Waals surface area (Å²) in [4.78, 5) is 38.5. The molecule has 0 unspecified atom stereocenters. The molecule has 0 saturated heterocycles. The third-order valence-corrected chi connectivity index (χ3v) is 8.70. The highest BCUT2D eigenvalue weighted by molar-refractivity contribution is 9.11. The number of methoxy groups -OCH3 is 1. The Balaban J connectivity index is 1.40. The van der Waals surface area contributed by atoms with Gasteiger partial charge in [0.15, 0.2) is 0 Å². The van der Waals surface area contributed by atoms with E-state index in [2.05, 4.69) is 63.6 Å². The first-order valence-corrected chi connectivity index (χ1v) is 15.3. The second-order valence-electron chi connectivity index (χ2n) is 8.49. The minimum absolute atomic E-state index is 0.200. The molecule has 0 bridgehead atoms. The number of nitrogens with zero attached hydrogens (tertiary/aromatic N) is 1. The second-order valence-corrected chi connectivity index (χ2v) is 12.2. The molecule has 1 aromatic heterocycles. The molecule has 0 spiro atoms. The predicted molar refractivity (Wildman–Crippen MR) is 164 cm³/mol. The molecular formula is C27H24Br3N3O6S. The van der Waals surface area contributed by atoms with E-state index in [1.807, 2.05) is 12.1 Å². The van der Waals surface area contributed by atoms with E-state index in [-0.39, 0.29) is 13.2 Å². The Labute approximate surface area is 260 Å². The van der Waals surface area contributed by atoms with Crippen LogP contribution in [-0.2, 0) is 33.8 Å². The standard InChI is InChI=1S/C27H24Br3N3O6S/c1-3-38-27(36)22-17-5-4-6-21(17)40-26(22)32-24(34)25(35)33-31-12-14-7-8-20(37-2)15(9-14)13-39-23-18(29)10-16(28)11-19(23)30/h7-12H,3-6,13H2,1-2H3,(H,32,34)(H,33,35)/b31-12+. The number of hydrogen-bond donors (Lipinski definition) is 2. The van der Waals surface area contributed by atoms with Crippen LogP contribution in [0.3, 0.4) is 0 Å². The highest BCUT2D eigenvalue weighted by Gasteiger charge is 2.29. The molecule has 40 heavy (non-hydrogen) atoms. The number of halogens is 3. The smallest absolute Gasteiger partial charge is 0.341 e. The largest absolute Gasteiger partial charge is 0.496 e. The molecule has 2 amide bonds. The van der Waals surface area contributed by atoms with Gasteiger partial charge in [0, 0.05) is 14.9 Å². The van der Waals surface area contributed by atoms with Crippen LogP contribution in [0, 0.1) is 0 Å². The van der Waals surface area contributed by atoms with E-state index in [0.29, 0.717) is 27.6 Å². The summed E-state index contributed by atoms with van der Waals surface area (Å²) in [5, 5.41) is 6.78. The molecule has 0 radical (unpaired) electrons. The Bertz CT molecular complexity index is 1470. The topological polar surface area (TPSA) is 115 Å². The average Bonchev–Trinajstić information content (AvgIpc) is 3.49. The van der Waals surface area contributed by atoms with Gasteiger partial charge in [0.05, 0.1) is 34.4 Å². The first kappa shape index (κ1) is 30.2. The number of carbonyl (C=O) groups excluding carboxylic acids is 3. The van der Waals surface area contributed by atoms with Crippen molar-refractivity contribution in [2.45, 2.75) is 32.8 Å². The normalized spacial score (nSPS) is 12.2. The van der Waals surface area contributed by atoms with E-state index in [0.717, 1.165) is 48.7 Å². The molecule has 0 atom stereocenters. The summed E-state index contributed by atoms with van der Waals surface area (Å²) in [5.74, 6) is -1.16. The van der Waals surface area contributed by atoms with Gasteiger partial charge >= 0.3 is 17.8 Å². The van der Waals surface area contributed by atoms with Gasteiger partial charge in [-0.05, 0) is 99.5 Å². The van der Waals surface area contributed by atoms with Gasteiger partial charge in [-0.25, -0.2) is 10.2 Å². The van der Waals surface area contributed by atoms with Crippen LogP contribution in [0.2, 0.25) is 0 Å². The maximum atomic E-state index is 12.6. The third-order valence-electron chi connectivity index (χ3n) is 5.85. The van der Waals surface area contributed by atoms with Crippen LogP contribution < -0.4 is 20.2 Å². The molecule has 2 aromatic carbocycles. The highest BCUT2D eigenvalue weighted by atomic mass is 79.9. The van der Waals surface area contributed by atoms with E-state index in [9.17, 15) is 14.4 Å². The van der Waals surface area contributed by atoms with Crippen molar-refractivity contribution in [2.24, 2.45) is 5.10 Å². The maximum absolute atomic E-state index is 12.6. The lowest BCUT2D eigenvalue weighted by molar-refractivity contribution is -0.136. The van der Waals surface area contributed by atoms with E-state index < -0.39 is 17.8 Å². The number of nitrogens with one attached hydrogen (secondary N) is 2. The molecule has 1 aliphatic rings. The van der Waals surface area contributed by atoms with Gasteiger partial charge in [0.1, 0.15) is 23.1 Å². The number of carbonyl (C=O) groups is 3. The van der Waals surface area contributed by atoms with Gasteiger partial charge < -0.3 is 19.5 Å². The molecule has 9 nitrogen and oxygen atoms in total. The SMILES string of the molecule is CCOC(=O)c1c(NC(=O)C(=O)N/N=C/c2ccc(OC)c(COc3c(Br)cc(Br)cc3Br)c2)sc2c1CCC2. The number of rotatable bonds is 9. The number of amides is 2. The van der Waals surface area contributed by atoms with Gasteiger partial charge in [-0.2, -0.15) is 5.10 Å². The van der Waals surface area contributed by atoms with Crippen molar-refractivity contribution in [3.8, 4) is 11.5 Å². The average molecular weight is 758 g/mol. The van der Waals surface area contributed by atoms with Crippen molar-refractivity contribution >= 4 is 88.1 Å². The zero-order valence-electron chi connectivity index (χ0n) is 21.4. The van der Waals surface area contributed by atoms with Crippen LogP contribution in [0.15, 0.2) is 48.9 Å². The summed E-state index contributed by atoms with van der Waals surface area (Å²) in [7, 11) is 1.56. The minimum Gasteiger partial charge on any atom is -0.496 e. The van der Waals surface area contributed by atoms with Gasteiger partial charge in [-0.3, -0.25) is 9.59 Å². The highest BCUT2D eigenvalue weighted by Crippen LogP contribution is 2.40. The van der Waals surface area contributed by atoms with Crippen molar-refractivity contribution in [3.05, 3.63) is 70.9 Å². The molecule has 1 heterocycles. The van der Waals surface area contributed by atoms with E-state index in [1.165, 1.54) is 17.6 Å². The van der Waals surface area contributed by atoms with Crippen LogP contribution in [0.25, 0.3) is 0 Å². The monoisotopic (exact) mass is 755 g/mol. The van der Waals surface area contributed by atoms with Gasteiger partial charge in [0.2, 0.25) is 0 Å². The Morgan fingerprint density at radius 1 is 1.07 bits per heavy atom. The Morgan fingerprint density at radius 2 is 1.82 bits per heavy atom. The number of anilines is 1. The fourth-order valence-corrected chi connectivity index (χ4v) is 7.86. The maximum Gasteiger partial charge on any atom is 0.341 e. The molecule has 0 saturated carbocycles. The van der Waals surface area contributed by atoms with Crippen molar-refractivity contribution in [1.82, 2.24) is 5.43 Å². The number of benzene rings is 2. The second kappa shape index (κ2) is 13.7. The quantitative estimate of drug-likeness (QED) is 0.113. The predicted octanol–water partition coefficient (Wildman–Crippen LogP) is 6.38. The molecular weight excluding hydrogens is 734 g/mol. The number of hydrogen-bond acceptors (Lipinski definition) is 8. The van der Waals surface area contributed by atoms with E-state index >= 15 is 0 Å². The van der Waals surface area contributed by atoms with E-state index in [4.69, 9.17) is 14.2 Å². The lowest BCUT2D eigenvalue weighted by atomic mass is 10.1. The number of esters is 1. The lowest BCUT2D eigenvalue weighted by Gasteiger charge is -2.13. The van der Waals surface area contributed by atoms with Crippen LogP contribution in [0.5, 0.6) is 11.5 Å². The first-order valence-electron chi connectivity index (χ1n) is 12.1. The zero-order chi connectivity index (χ0) is 28.8. The summed E-state index contributed by atoms with van der Waals surface area (Å²) in [5.41, 5.74) is 4.84. The molecule has 4 rings (SSSR count). The molecule has 0 fully saturated rings. The number of hydrazone groups is 1. The third kappa shape index (κ3) is 7.12. The summed E-state index contributed by atoms with van der Waals surface area (Å²) in [6, 6.07) is 9.06. The summed E-state index contributed by atoms with van der Waals surface area (Å²) >= 11 is 11.7. The van der Waals surface area contributed by atoms with Crippen molar-refractivity contribution < 1.29 is 28.6 Å². The molecule has 13 heteroatoms. The van der Waals surface area contributed by atoms with Gasteiger partial charge in [0.25, 0.3) is 0 Å². The van der Waals surface area contributed by atoms with Crippen molar-refractivity contribution in [3.63, 3.8) is 0 Å². The first-order chi connectivity index (χ1) is 19.2. The lowest BCUT2D eigenvalue weighted by Crippen LogP contribution is -2.32. The minimum atomic E-state index is -0.971. The fourth-order valence-electron chi connectivity index (χ4n) is 4.10. The van der Waals surface area contributed by atoms with Crippen molar-refractivity contribution in [1.29, 1.82) is 0 Å². The summed E-state index contributed by atoms with van der Waals surface area (Å²) < 4.78 is 19.1. The van der Waals surface area contributed by atoms with E-state index in [1.54, 1.807) is 32.2 Å². The Hall–Kier alpha value is -2.74. The van der Waals surface area contributed by atoms with Crippen LogP contribution in [-0.4, -0.2) is 37.7 Å².